The molecule has 0 spiro atoms. The second-order valence-electron chi connectivity index (χ2n) is 5.73. The molecule has 1 aromatic heterocycles. The van der Waals surface area contributed by atoms with Crippen LogP contribution in [0.4, 0.5) is 5.69 Å². The number of halogens is 1. The van der Waals surface area contributed by atoms with E-state index in [4.69, 9.17) is 16.0 Å². The Morgan fingerprint density at radius 3 is 2.36 bits per heavy atom. The third kappa shape index (κ3) is 3.47. The van der Waals surface area contributed by atoms with E-state index in [0.717, 1.165) is 5.56 Å². The van der Waals surface area contributed by atoms with Crippen molar-refractivity contribution in [3.63, 3.8) is 0 Å². The van der Waals surface area contributed by atoms with E-state index in [9.17, 15) is 8.42 Å². The van der Waals surface area contributed by atoms with Crippen molar-refractivity contribution in [1.29, 1.82) is 0 Å². The third-order valence-corrected chi connectivity index (χ3v) is 5.31. The Hall–Kier alpha value is -1.46. The van der Waals surface area contributed by atoms with Gasteiger partial charge in [0.15, 0.2) is 0 Å². The quantitative estimate of drug-likeness (QED) is 0.809. The minimum atomic E-state index is -3.75. The summed E-state index contributed by atoms with van der Waals surface area (Å²) < 4.78 is 32.4. The van der Waals surface area contributed by atoms with Crippen LogP contribution in [0.1, 0.15) is 25.2 Å². The van der Waals surface area contributed by atoms with Crippen molar-refractivity contribution in [3.8, 4) is 0 Å². The van der Waals surface area contributed by atoms with E-state index in [1.165, 1.54) is 10.4 Å². The molecule has 6 heteroatoms. The molecule has 0 bridgehead atoms. The van der Waals surface area contributed by atoms with Crippen molar-refractivity contribution < 1.29 is 12.8 Å². The number of furan rings is 1. The minimum absolute atomic E-state index is 0.0534. The molecule has 0 atom stereocenters. The van der Waals surface area contributed by atoms with E-state index in [1.807, 2.05) is 26.8 Å². The molecule has 1 heterocycles. The number of hydrogen-bond acceptors (Lipinski definition) is 3. The fourth-order valence-corrected chi connectivity index (χ4v) is 3.82. The Bertz CT molecular complexity index is 765. The van der Waals surface area contributed by atoms with Crippen LogP contribution in [0.25, 0.3) is 0 Å². The highest BCUT2D eigenvalue weighted by molar-refractivity contribution is 7.92. The van der Waals surface area contributed by atoms with Crippen molar-refractivity contribution in [2.24, 2.45) is 5.92 Å². The Balaban J connectivity index is 2.52. The molecule has 2 aromatic rings. The number of aryl methyl sites for hydroxylation is 2. The Morgan fingerprint density at radius 2 is 1.86 bits per heavy atom. The molecule has 0 unspecified atom stereocenters. The molecular formula is C16H20ClNO3S. The predicted molar refractivity (Wildman–Crippen MR) is 89.0 cm³/mol. The first-order valence-corrected chi connectivity index (χ1v) is 8.89. The Labute approximate surface area is 136 Å². The van der Waals surface area contributed by atoms with Gasteiger partial charge in [-0.15, -0.1) is 0 Å². The van der Waals surface area contributed by atoms with Crippen molar-refractivity contribution in [3.05, 3.63) is 46.7 Å². The third-order valence-electron chi connectivity index (χ3n) is 3.23. The lowest BCUT2D eigenvalue weighted by Gasteiger charge is -2.25. The molecule has 120 valence electrons. The number of anilines is 1. The van der Waals surface area contributed by atoms with Crippen LogP contribution in [0.3, 0.4) is 0 Å². The number of benzene rings is 1. The summed E-state index contributed by atoms with van der Waals surface area (Å²) in [4.78, 5) is 0. The van der Waals surface area contributed by atoms with Crippen LogP contribution in [0.2, 0.25) is 5.02 Å². The van der Waals surface area contributed by atoms with Gasteiger partial charge < -0.3 is 4.42 Å². The van der Waals surface area contributed by atoms with E-state index in [2.05, 4.69) is 0 Å². The maximum absolute atomic E-state index is 12.9. The molecule has 0 saturated carbocycles. The smallest absolute Gasteiger partial charge is 0.297 e. The van der Waals surface area contributed by atoms with E-state index in [0.29, 0.717) is 23.0 Å². The second kappa shape index (κ2) is 6.34. The summed E-state index contributed by atoms with van der Waals surface area (Å²) in [5.74, 6) is 0.718. The van der Waals surface area contributed by atoms with Gasteiger partial charge in [0.1, 0.15) is 5.76 Å². The molecule has 22 heavy (non-hydrogen) atoms. The molecule has 0 aliphatic carbocycles. The van der Waals surface area contributed by atoms with Crippen molar-refractivity contribution in [2.75, 3.05) is 10.8 Å². The first-order chi connectivity index (χ1) is 10.2. The Morgan fingerprint density at radius 1 is 1.18 bits per heavy atom. The van der Waals surface area contributed by atoms with Gasteiger partial charge in [-0.1, -0.05) is 31.5 Å². The fraction of sp³-hybridized carbons (Fsp3) is 0.375. The average Bonchev–Trinajstić information content (AvgIpc) is 2.86. The summed E-state index contributed by atoms with van der Waals surface area (Å²) >= 11 is 6.15. The monoisotopic (exact) mass is 341 g/mol. The highest BCUT2D eigenvalue weighted by Crippen LogP contribution is 2.29. The van der Waals surface area contributed by atoms with E-state index >= 15 is 0 Å². The first-order valence-electron chi connectivity index (χ1n) is 7.07. The highest BCUT2D eigenvalue weighted by atomic mass is 35.5. The van der Waals surface area contributed by atoms with Crippen LogP contribution in [0.5, 0.6) is 0 Å². The first kappa shape index (κ1) is 16.9. The van der Waals surface area contributed by atoms with E-state index in [1.54, 1.807) is 25.1 Å². The normalized spacial score (nSPS) is 11.9. The summed E-state index contributed by atoms with van der Waals surface area (Å²) in [6.07, 6.45) is 0. The van der Waals surface area contributed by atoms with E-state index < -0.39 is 10.0 Å². The van der Waals surface area contributed by atoms with Gasteiger partial charge in [0.05, 0.1) is 5.69 Å². The van der Waals surface area contributed by atoms with Crippen LogP contribution < -0.4 is 4.31 Å². The lowest BCUT2D eigenvalue weighted by molar-refractivity contribution is 0.426. The molecule has 0 fully saturated rings. The maximum atomic E-state index is 12.9. The number of rotatable bonds is 5. The van der Waals surface area contributed by atoms with Crippen LogP contribution in [0, 0.1) is 19.8 Å². The molecular weight excluding hydrogens is 322 g/mol. The number of hydrogen-bond donors (Lipinski definition) is 0. The summed E-state index contributed by atoms with van der Waals surface area (Å²) in [6.45, 7) is 7.87. The predicted octanol–water partition coefficient (Wildman–Crippen LogP) is 4.40. The van der Waals surface area contributed by atoms with Crippen LogP contribution in [0.15, 0.2) is 39.8 Å². The lowest BCUT2D eigenvalue weighted by atomic mass is 10.2. The van der Waals surface area contributed by atoms with Gasteiger partial charge >= 0.3 is 0 Å². The van der Waals surface area contributed by atoms with Gasteiger partial charge in [-0.25, -0.2) is 0 Å². The second-order valence-corrected chi connectivity index (χ2v) is 7.93. The SMILES string of the molecule is Cc1ccc(S(=O)(=O)N(CC(C)C)c2ccc(C)c(Cl)c2)o1. The summed E-state index contributed by atoms with van der Waals surface area (Å²) in [6, 6.07) is 8.37. The standard InChI is InChI=1S/C16H20ClNO3S/c1-11(2)10-18(14-7-5-12(3)15(17)9-14)22(19,20)16-8-6-13(4)21-16/h5-9,11H,10H2,1-4H3. The van der Waals surface area contributed by atoms with Gasteiger partial charge in [-0.2, -0.15) is 8.42 Å². The molecule has 0 N–H and O–H groups in total. The molecule has 0 saturated heterocycles. The topological polar surface area (TPSA) is 50.5 Å². The molecule has 4 nitrogen and oxygen atoms in total. The number of sulfonamides is 1. The summed E-state index contributed by atoms with van der Waals surface area (Å²) in [5, 5.41) is 0.486. The molecule has 2 rings (SSSR count). The summed E-state index contributed by atoms with van der Waals surface area (Å²) in [5.41, 5.74) is 1.44. The van der Waals surface area contributed by atoms with Crippen molar-refractivity contribution in [2.45, 2.75) is 32.8 Å². The van der Waals surface area contributed by atoms with Gasteiger partial charge in [0, 0.05) is 11.6 Å². The maximum Gasteiger partial charge on any atom is 0.297 e. The lowest BCUT2D eigenvalue weighted by Crippen LogP contribution is -2.34. The zero-order chi connectivity index (χ0) is 16.5. The van der Waals surface area contributed by atoms with Crippen LogP contribution in [-0.4, -0.2) is 15.0 Å². The molecule has 0 aliphatic heterocycles. The fourth-order valence-electron chi connectivity index (χ4n) is 2.07. The van der Waals surface area contributed by atoms with Gasteiger partial charge in [0.25, 0.3) is 10.0 Å². The highest BCUT2D eigenvalue weighted by Gasteiger charge is 2.28. The molecule has 0 radical (unpaired) electrons. The van der Waals surface area contributed by atoms with Gasteiger partial charge in [-0.05, 0) is 49.6 Å². The summed E-state index contributed by atoms with van der Waals surface area (Å²) in [7, 11) is -3.75. The molecule has 1 aromatic carbocycles. The van der Waals surface area contributed by atoms with Crippen molar-refractivity contribution >= 4 is 27.3 Å². The molecule has 0 amide bonds. The van der Waals surface area contributed by atoms with Gasteiger partial charge in [-0.3, -0.25) is 4.31 Å². The zero-order valence-corrected chi connectivity index (χ0v) is 14.7. The average molecular weight is 342 g/mol. The van der Waals surface area contributed by atoms with Gasteiger partial charge in [0.2, 0.25) is 5.09 Å². The van der Waals surface area contributed by atoms with E-state index in [-0.39, 0.29) is 11.0 Å². The van der Waals surface area contributed by atoms with Crippen LogP contribution >= 0.6 is 11.6 Å². The number of nitrogens with zero attached hydrogens (tertiary/aromatic N) is 1. The largest absolute Gasteiger partial charge is 0.448 e. The van der Waals surface area contributed by atoms with Crippen LogP contribution in [-0.2, 0) is 10.0 Å². The Kier molecular flexibility index (Phi) is 4.87. The molecule has 0 aliphatic rings. The zero-order valence-electron chi connectivity index (χ0n) is 13.1. The minimum Gasteiger partial charge on any atom is -0.448 e. The van der Waals surface area contributed by atoms with Crippen molar-refractivity contribution in [1.82, 2.24) is 0 Å².